The Morgan fingerprint density at radius 1 is 1.27 bits per heavy atom. The van der Waals surface area contributed by atoms with Crippen LogP contribution in [0, 0.1) is 0 Å². The molecule has 0 radical (unpaired) electrons. The molecule has 0 aromatic carbocycles. The van der Waals surface area contributed by atoms with Crippen molar-refractivity contribution in [2.45, 2.75) is 38.0 Å². The van der Waals surface area contributed by atoms with Gasteiger partial charge in [-0.3, -0.25) is 0 Å². The molecule has 0 aliphatic heterocycles. The van der Waals surface area contributed by atoms with Crippen LogP contribution in [0.5, 0.6) is 0 Å². The average Bonchev–Trinajstić information content (AvgIpc) is 2.12. The number of carbonyl (C=O) groups is 2. The zero-order chi connectivity index (χ0) is 11.7. The molecule has 0 fully saturated rings. The van der Waals surface area contributed by atoms with Gasteiger partial charge in [-0.25, -0.2) is 0 Å². The third-order valence-corrected chi connectivity index (χ3v) is 18.5. The van der Waals surface area contributed by atoms with Gasteiger partial charge in [-0.1, -0.05) is 0 Å². The second-order valence-corrected chi connectivity index (χ2v) is 16.7. The van der Waals surface area contributed by atoms with E-state index in [9.17, 15) is 9.59 Å². The number of hydrogen-bond acceptors (Lipinski definition) is 5. The van der Waals surface area contributed by atoms with E-state index < -0.39 is 42.6 Å². The van der Waals surface area contributed by atoms with Crippen LogP contribution >= 0.6 is 0 Å². The molecule has 0 N–H and O–H groups in total. The monoisotopic (exact) mass is 434 g/mol. The Morgan fingerprint density at radius 3 is 2.40 bits per heavy atom. The maximum absolute atomic E-state index is 10.8. The van der Waals surface area contributed by atoms with Gasteiger partial charge in [0.2, 0.25) is 0 Å². The second kappa shape index (κ2) is 9.70. The molecule has 0 saturated carbocycles. The van der Waals surface area contributed by atoms with E-state index in [0.29, 0.717) is 0 Å². The summed E-state index contributed by atoms with van der Waals surface area (Å²) in [5.41, 5.74) is 0. The van der Waals surface area contributed by atoms with Crippen LogP contribution in [0.25, 0.3) is 0 Å². The van der Waals surface area contributed by atoms with Crippen LogP contribution in [0.1, 0.15) is 33.6 Å². The van der Waals surface area contributed by atoms with E-state index in [0.717, 1.165) is 17.3 Å². The third kappa shape index (κ3) is 10.8. The van der Waals surface area contributed by atoms with Crippen molar-refractivity contribution in [2.75, 3.05) is 0 Å². The van der Waals surface area contributed by atoms with E-state index in [1.807, 2.05) is 0 Å². The van der Waals surface area contributed by atoms with Gasteiger partial charge in [0.25, 0.3) is 0 Å². The predicted octanol–water partition coefficient (Wildman–Crippen LogP) is 0.149. The molecule has 0 heterocycles. The zero-order valence-electron chi connectivity index (χ0n) is 9.45. The molecule has 15 heavy (non-hydrogen) atoms. The van der Waals surface area contributed by atoms with Crippen molar-refractivity contribution >= 4 is 54.5 Å². The molecule has 88 valence electrons. The Balaban J connectivity index is 3.78. The molecule has 1 unspecified atom stereocenters. The van der Waals surface area contributed by atoms with E-state index in [1.54, 1.807) is 0 Å². The first-order valence-corrected chi connectivity index (χ1v) is 13.3. The van der Waals surface area contributed by atoms with E-state index in [1.165, 1.54) is 13.8 Å². The van der Waals surface area contributed by atoms with Crippen molar-refractivity contribution in [3.63, 3.8) is 0 Å². The molecule has 0 aliphatic rings. The molecule has 0 aliphatic carbocycles. The molecule has 0 spiro atoms. The SMILES string of the molecule is CCC[CH2][SnH]([O][SnH2][O]C(C)=O)[O]C(C)=O. The molecular formula is C8H18O5Sn2. The van der Waals surface area contributed by atoms with E-state index in [4.69, 9.17) is 7.56 Å². The summed E-state index contributed by atoms with van der Waals surface area (Å²) < 4.78 is 16.4. The molecule has 1 atom stereocenters. The third-order valence-electron chi connectivity index (χ3n) is 1.61. The van der Waals surface area contributed by atoms with Gasteiger partial charge in [-0.15, -0.1) is 0 Å². The Labute approximate surface area is 109 Å². The van der Waals surface area contributed by atoms with Gasteiger partial charge in [-0.2, -0.15) is 0 Å². The molecule has 0 saturated heterocycles. The summed E-state index contributed by atoms with van der Waals surface area (Å²) in [7, 11) is 0. The van der Waals surface area contributed by atoms with Crippen LogP contribution in [0.4, 0.5) is 0 Å². The molecule has 5 nitrogen and oxygen atoms in total. The number of rotatable bonds is 7. The van der Waals surface area contributed by atoms with Gasteiger partial charge >= 0.3 is 110 Å². The summed E-state index contributed by atoms with van der Waals surface area (Å²) in [5, 5.41) is 0. The van der Waals surface area contributed by atoms with Crippen molar-refractivity contribution in [1.82, 2.24) is 0 Å². The quantitative estimate of drug-likeness (QED) is 0.537. The standard InChI is InChI=1S/C4H9.2C2H4O2.O.2Sn.3H/c1-3-4-2;2*1-2(3)4;;;;;;/h1,3-4H2,2H3;2*1H3,(H,3,4);;;;;;/q;;;;2*+1;;;/p-2. The fourth-order valence-electron chi connectivity index (χ4n) is 0.925. The van der Waals surface area contributed by atoms with Crippen molar-refractivity contribution in [2.24, 2.45) is 0 Å². The number of hydrogen-bond donors (Lipinski definition) is 0. The molecular weight excluding hydrogens is 414 g/mol. The summed E-state index contributed by atoms with van der Waals surface area (Å²) in [4.78, 5) is 21.3. The molecule has 0 bridgehead atoms. The van der Waals surface area contributed by atoms with Crippen LogP contribution < -0.4 is 0 Å². The first kappa shape index (κ1) is 15.5. The van der Waals surface area contributed by atoms with Gasteiger partial charge in [-0.05, 0) is 0 Å². The Bertz CT molecular complexity index is 209. The Morgan fingerprint density at radius 2 is 1.93 bits per heavy atom. The molecule has 0 aromatic heterocycles. The molecule has 0 aromatic rings. The maximum atomic E-state index is 10.8. The Kier molecular flexibility index (Phi) is 10.0. The summed E-state index contributed by atoms with van der Waals surface area (Å²) in [6.07, 6.45) is 2.07. The summed E-state index contributed by atoms with van der Waals surface area (Å²) in [6, 6.07) is 0. The van der Waals surface area contributed by atoms with Crippen LogP contribution in [0.2, 0.25) is 4.44 Å². The van der Waals surface area contributed by atoms with Gasteiger partial charge < -0.3 is 0 Å². The normalized spacial score (nSPS) is 12.7. The van der Waals surface area contributed by atoms with Gasteiger partial charge in [0, 0.05) is 0 Å². The van der Waals surface area contributed by atoms with Crippen LogP contribution in [0.3, 0.4) is 0 Å². The van der Waals surface area contributed by atoms with Gasteiger partial charge in [0.15, 0.2) is 0 Å². The van der Waals surface area contributed by atoms with Crippen LogP contribution in [0.15, 0.2) is 0 Å². The first-order chi connectivity index (χ1) is 7.06. The Hall–Kier alpha value is 0.497. The fraction of sp³-hybridized carbons (Fsp3) is 0.750. The molecule has 7 heteroatoms. The minimum absolute atomic E-state index is 0.277. The summed E-state index contributed by atoms with van der Waals surface area (Å²) in [6.45, 7) is 4.83. The fourth-order valence-corrected chi connectivity index (χ4v) is 14.9. The van der Waals surface area contributed by atoms with Crippen molar-refractivity contribution in [3.8, 4) is 0 Å². The summed E-state index contributed by atoms with van der Waals surface area (Å²) >= 11 is -4.51. The van der Waals surface area contributed by atoms with E-state index >= 15 is 0 Å². The van der Waals surface area contributed by atoms with E-state index in [-0.39, 0.29) is 11.9 Å². The average molecular weight is 432 g/mol. The van der Waals surface area contributed by atoms with Crippen molar-refractivity contribution < 1.29 is 17.1 Å². The predicted molar refractivity (Wildman–Crippen MR) is 60.0 cm³/mol. The topological polar surface area (TPSA) is 61.8 Å². The minimum atomic E-state index is -2.60. The second-order valence-electron chi connectivity index (χ2n) is 3.10. The molecule has 0 amide bonds. The first-order valence-electron chi connectivity index (χ1n) is 4.98. The van der Waals surface area contributed by atoms with Crippen LogP contribution in [-0.2, 0) is 17.1 Å². The van der Waals surface area contributed by atoms with Crippen molar-refractivity contribution in [1.29, 1.82) is 0 Å². The summed E-state index contributed by atoms with van der Waals surface area (Å²) in [5.74, 6) is -0.574. The molecule has 0 rings (SSSR count). The van der Waals surface area contributed by atoms with Gasteiger partial charge in [0.05, 0.1) is 0 Å². The van der Waals surface area contributed by atoms with E-state index in [2.05, 4.69) is 6.92 Å². The zero-order valence-corrected chi connectivity index (χ0v) is 16.8. The number of carbonyl (C=O) groups excluding carboxylic acids is 2. The van der Waals surface area contributed by atoms with Gasteiger partial charge in [0.1, 0.15) is 0 Å². The van der Waals surface area contributed by atoms with Crippen LogP contribution in [-0.4, -0.2) is 54.5 Å². The van der Waals surface area contributed by atoms with Crippen molar-refractivity contribution in [3.05, 3.63) is 0 Å². The number of unbranched alkanes of at least 4 members (excludes halogenated alkanes) is 1.